The number of hydrogen-bond acceptors (Lipinski definition) is 4. The van der Waals surface area contributed by atoms with E-state index in [1.807, 2.05) is 0 Å². The van der Waals surface area contributed by atoms with Crippen molar-refractivity contribution in [2.24, 2.45) is 10.9 Å². The normalized spacial score (nSPS) is 12.6. The third-order valence-electron chi connectivity index (χ3n) is 2.23. The van der Waals surface area contributed by atoms with Gasteiger partial charge in [0.2, 0.25) is 10.0 Å². The second kappa shape index (κ2) is 6.43. The Balaban J connectivity index is 2.63. The molecule has 0 atom stereocenters. The number of nitrogens with two attached hydrogens (primary N) is 1. The number of hydrogen-bond donors (Lipinski definition) is 3. The van der Waals surface area contributed by atoms with E-state index in [0.29, 0.717) is 12.5 Å². The predicted molar refractivity (Wildman–Crippen MR) is 64.2 cm³/mol. The molecule has 0 aliphatic rings. The highest BCUT2D eigenvalue weighted by atomic mass is 32.2. The molecule has 0 aliphatic carbocycles. The number of nitrogens with zero attached hydrogens (tertiary/aromatic N) is 1. The summed E-state index contributed by atoms with van der Waals surface area (Å²) >= 11 is 0. The minimum absolute atomic E-state index is 0.0213. The van der Waals surface area contributed by atoms with E-state index in [2.05, 4.69) is 9.88 Å². The summed E-state index contributed by atoms with van der Waals surface area (Å²) in [6, 6.07) is 2.30. The first-order valence-corrected chi connectivity index (χ1v) is 6.76. The first kappa shape index (κ1) is 15.3. The van der Waals surface area contributed by atoms with Crippen LogP contribution in [-0.4, -0.2) is 26.0 Å². The number of sulfonamides is 1. The van der Waals surface area contributed by atoms with Crippen molar-refractivity contribution in [3.05, 3.63) is 29.8 Å². The minimum Gasteiger partial charge on any atom is -0.409 e. The van der Waals surface area contributed by atoms with Crippen molar-refractivity contribution in [1.29, 1.82) is 0 Å². The van der Waals surface area contributed by atoms with Crippen molar-refractivity contribution in [2.75, 3.05) is 6.54 Å². The molecular formula is C10H13F2N3O3S. The lowest BCUT2D eigenvalue weighted by atomic mass is 10.3. The van der Waals surface area contributed by atoms with Gasteiger partial charge in [-0.05, 0) is 24.6 Å². The van der Waals surface area contributed by atoms with E-state index in [1.165, 1.54) is 0 Å². The van der Waals surface area contributed by atoms with Crippen LogP contribution in [-0.2, 0) is 10.0 Å². The van der Waals surface area contributed by atoms with E-state index < -0.39 is 21.7 Å². The van der Waals surface area contributed by atoms with Crippen molar-refractivity contribution < 1.29 is 22.4 Å². The second-order valence-electron chi connectivity index (χ2n) is 3.67. The first-order chi connectivity index (χ1) is 8.86. The summed E-state index contributed by atoms with van der Waals surface area (Å²) in [5, 5.41) is 11.0. The Kier molecular flexibility index (Phi) is 5.19. The molecule has 1 aromatic carbocycles. The molecule has 0 saturated carbocycles. The quantitative estimate of drug-likeness (QED) is 0.237. The third-order valence-corrected chi connectivity index (χ3v) is 3.69. The number of benzene rings is 1. The van der Waals surface area contributed by atoms with Gasteiger partial charge in [0.15, 0.2) is 11.6 Å². The number of oxime groups is 1. The molecule has 6 nitrogen and oxygen atoms in total. The summed E-state index contributed by atoms with van der Waals surface area (Å²) in [5.41, 5.74) is 5.20. The molecule has 0 saturated heterocycles. The van der Waals surface area contributed by atoms with Crippen molar-refractivity contribution in [1.82, 2.24) is 4.72 Å². The molecule has 0 heterocycles. The molecule has 4 N–H and O–H groups in total. The number of halogens is 2. The fourth-order valence-electron chi connectivity index (χ4n) is 1.25. The van der Waals surface area contributed by atoms with Gasteiger partial charge in [-0.1, -0.05) is 5.16 Å². The van der Waals surface area contributed by atoms with Crippen LogP contribution in [0.3, 0.4) is 0 Å². The fourth-order valence-corrected chi connectivity index (χ4v) is 2.34. The number of amidine groups is 1. The van der Waals surface area contributed by atoms with E-state index in [-0.39, 0.29) is 23.7 Å². The summed E-state index contributed by atoms with van der Waals surface area (Å²) in [4.78, 5) is -0.366. The SMILES string of the molecule is NC(CCCNS(=O)(=O)c1ccc(F)c(F)c1)=NO. The largest absolute Gasteiger partial charge is 0.409 e. The van der Waals surface area contributed by atoms with E-state index in [9.17, 15) is 17.2 Å². The molecule has 0 radical (unpaired) electrons. The molecule has 0 spiro atoms. The standard InChI is InChI=1S/C10H13F2N3O3S/c11-8-4-3-7(6-9(8)12)19(17,18)14-5-1-2-10(13)15-16/h3-4,6,14,16H,1-2,5H2,(H2,13,15). The number of nitrogens with one attached hydrogen (secondary N) is 1. The van der Waals surface area contributed by atoms with Crippen molar-refractivity contribution in [3.8, 4) is 0 Å². The molecule has 0 aliphatic heterocycles. The van der Waals surface area contributed by atoms with Gasteiger partial charge in [-0.25, -0.2) is 21.9 Å². The van der Waals surface area contributed by atoms with Gasteiger partial charge in [-0.2, -0.15) is 0 Å². The van der Waals surface area contributed by atoms with Crippen LogP contribution in [0.5, 0.6) is 0 Å². The molecule has 106 valence electrons. The second-order valence-corrected chi connectivity index (χ2v) is 5.44. The Hall–Kier alpha value is -1.74. The van der Waals surface area contributed by atoms with E-state index in [0.717, 1.165) is 12.1 Å². The summed E-state index contributed by atoms with van der Waals surface area (Å²) in [5.74, 6) is -2.38. The zero-order chi connectivity index (χ0) is 14.5. The summed E-state index contributed by atoms with van der Waals surface area (Å²) < 4.78 is 51.2. The summed E-state index contributed by atoms with van der Waals surface area (Å²) in [6.07, 6.45) is 0.510. The monoisotopic (exact) mass is 293 g/mol. The molecule has 9 heteroatoms. The molecule has 19 heavy (non-hydrogen) atoms. The van der Waals surface area contributed by atoms with Crippen LogP contribution in [0.25, 0.3) is 0 Å². The zero-order valence-corrected chi connectivity index (χ0v) is 10.6. The fraction of sp³-hybridized carbons (Fsp3) is 0.300. The maximum atomic E-state index is 12.9. The van der Waals surface area contributed by atoms with Crippen LogP contribution in [0.15, 0.2) is 28.3 Å². The topological polar surface area (TPSA) is 105 Å². The van der Waals surface area contributed by atoms with Crippen LogP contribution in [0.1, 0.15) is 12.8 Å². The molecule has 0 fully saturated rings. The lowest BCUT2D eigenvalue weighted by Gasteiger charge is -2.06. The van der Waals surface area contributed by atoms with E-state index in [1.54, 1.807) is 0 Å². The molecule has 0 bridgehead atoms. The van der Waals surface area contributed by atoms with Crippen LogP contribution < -0.4 is 10.5 Å². The molecule has 0 unspecified atom stereocenters. The maximum absolute atomic E-state index is 12.9. The van der Waals surface area contributed by atoms with Gasteiger partial charge in [-0.15, -0.1) is 0 Å². The van der Waals surface area contributed by atoms with E-state index in [4.69, 9.17) is 10.9 Å². The summed E-state index contributed by atoms with van der Waals surface area (Å²) in [7, 11) is -3.90. The van der Waals surface area contributed by atoms with Crippen LogP contribution in [0, 0.1) is 11.6 Å². The highest BCUT2D eigenvalue weighted by Gasteiger charge is 2.15. The Morgan fingerprint density at radius 1 is 1.37 bits per heavy atom. The highest BCUT2D eigenvalue weighted by molar-refractivity contribution is 7.89. The van der Waals surface area contributed by atoms with Gasteiger partial charge in [0, 0.05) is 13.0 Å². The van der Waals surface area contributed by atoms with Crippen LogP contribution in [0.4, 0.5) is 8.78 Å². The minimum atomic E-state index is -3.90. The lowest BCUT2D eigenvalue weighted by molar-refractivity contribution is 0.316. The maximum Gasteiger partial charge on any atom is 0.240 e. The highest BCUT2D eigenvalue weighted by Crippen LogP contribution is 2.13. The molecule has 1 aromatic rings. The van der Waals surface area contributed by atoms with Gasteiger partial charge in [0.05, 0.1) is 4.90 Å². The lowest BCUT2D eigenvalue weighted by Crippen LogP contribution is -2.26. The van der Waals surface area contributed by atoms with Crippen LogP contribution in [0.2, 0.25) is 0 Å². The van der Waals surface area contributed by atoms with E-state index >= 15 is 0 Å². The predicted octanol–water partition coefficient (Wildman–Crippen LogP) is 0.770. The third kappa shape index (κ3) is 4.45. The number of rotatable bonds is 6. The van der Waals surface area contributed by atoms with Crippen molar-refractivity contribution in [2.45, 2.75) is 17.7 Å². The zero-order valence-electron chi connectivity index (χ0n) is 9.81. The van der Waals surface area contributed by atoms with Crippen LogP contribution >= 0.6 is 0 Å². The van der Waals surface area contributed by atoms with Crippen molar-refractivity contribution >= 4 is 15.9 Å². The smallest absolute Gasteiger partial charge is 0.240 e. The van der Waals surface area contributed by atoms with Gasteiger partial charge in [0.25, 0.3) is 0 Å². The van der Waals surface area contributed by atoms with Gasteiger partial charge >= 0.3 is 0 Å². The Labute approximate surface area is 109 Å². The Bertz CT molecular complexity index is 575. The first-order valence-electron chi connectivity index (χ1n) is 5.28. The van der Waals surface area contributed by atoms with Gasteiger partial charge < -0.3 is 10.9 Å². The average Bonchev–Trinajstić information content (AvgIpc) is 2.37. The average molecular weight is 293 g/mol. The summed E-state index contributed by atoms with van der Waals surface area (Å²) in [6.45, 7) is 0.0253. The molecule has 1 rings (SSSR count). The van der Waals surface area contributed by atoms with Crippen molar-refractivity contribution in [3.63, 3.8) is 0 Å². The van der Waals surface area contributed by atoms with Gasteiger partial charge in [0.1, 0.15) is 5.84 Å². The Morgan fingerprint density at radius 3 is 2.63 bits per heavy atom. The van der Waals surface area contributed by atoms with Gasteiger partial charge in [-0.3, -0.25) is 0 Å². The molecule has 0 aromatic heterocycles. The molecule has 0 amide bonds. The molecular weight excluding hydrogens is 280 g/mol. The Morgan fingerprint density at radius 2 is 2.05 bits per heavy atom.